The number of halogens is 2. The van der Waals surface area contributed by atoms with E-state index < -0.39 is 22.5 Å². The number of nitrogens with two attached hydrogens (primary N) is 1. The fourth-order valence-corrected chi connectivity index (χ4v) is 4.45. The van der Waals surface area contributed by atoms with Gasteiger partial charge in [0.15, 0.2) is 0 Å². The van der Waals surface area contributed by atoms with E-state index in [1.165, 1.54) is 18.2 Å². The fourth-order valence-electron chi connectivity index (χ4n) is 2.28. The molecule has 0 bridgehead atoms. The van der Waals surface area contributed by atoms with Gasteiger partial charge in [0.25, 0.3) is 10.0 Å². The summed E-state index contributed by atoms with van der Waals surface area (Å²) in [6.07, 6.45) is 0. The lowest BCUT2D eigenvalue weighted by atomic mass is 10.0. The SMILES string of the molecule is CC(C)c1ccc(N(CC(N)=O)S(=O)(=O)c2cc(Cl)ccc2Cl)cc1. The van der Waals surface area contributed by atoms with Gasteiger partial charge >= 0.3 is 0 Å². The third kappa shape index (κ3) is 4.45. The Bertz CT molecular complexity index is 881. The standard InChI is InChI=1S/C17H18Cl2N2O3S/c1-11(2)12-3-6-14(7-4-12)21(10-17(20)22)25(23,24)16-9-13(18)5-8-15(16)19/h3-9,11H,10H2,1-2H3,(H2,20,22). The molecule has 25 heavy (non-hydrogen) atoms. The van der Waals surface area contributed by atoms with Gasteiger partial charge < -0.3 is 5.73 Å². The Morgan fingerprint density at radius 2 is 1.72 bits per heavy atom. The van der Waals surface area contributed by atoms with Crippen molar-refractivity contribution in [3.63, 3.8) is 0 Å². The lowest BCUT2D eigenvalue weighted by Gasteiger charge is -2.24. The molecule has 2 rings (SSSR count). The Morgan fingerprint density at radius 1 is 1.12 bits per heavy atom. The molecule has 8 heteroatoms. The van der Waals surface area contributed by atoms with Crippen molar-refractivity contribution in [3.8, 4) is 0 Å². The Labute approximate surface area is 157 Å². The van der Waals surface area contributed by atoms with Crippen LogP contribution in [0.4, 0.5) is 5.69 Å². The molecule has 2 aromatic rings. The van der Waals surface area contributed by atoms with Gasteiger partial charge in [-0.05, 0) is 41.8 Å². The Balaban J connectivity index is 2.56. The van der Waals surface area contributed by atoms with Crippen LogP contribution in [-0.2, 0) is 14.8 Å². The minimum absolute atomic E-state index is 0.0117. The minimum atomic E-state index is -4.12. The van der Waals surface area contributed by atoms with Crippen molar-refractivity contribution in [1.82, 2.24) is 0 Å². The van der Waals surface area contributed by atoms with E-state index in [9.17, 15) is 13.2 Å². The second kappa shape index (κ2) is 7.64. The highest BCUT2D eigenvalue weighted by atomic mass is 35.5. The molecule has 2 N–H and O–H groups in total. The van der Waals surface area contributed by atoms with Gasteiger partial charge in [-0.25, -0.2) is 8.42 Å². The molecule has 0 heterocycles. The molecule has 5 nitrogen and oxygen atoms in total. The summed E-state index contributed by atoms with van der Waals surface area (Å²) in [6, 6.07) is 11.0. The molecule has 0 unspecified atom stereocenters. The molecule has 0 fully saturated rings. The first-order chi connectivity index (χ1) is 11.6. The highest BCUT2D eigenvalue weighted by Crippen LogP contribution is 2.31. The van der Waals surface area contributed by atoms with Gasteiger partial charge in [-0.3, -0.25) is 9.10 Å². The van der Waals surface area contributed by atoms with E-state index in [4.69, 9.17) is 28.9 Å². The molecule has 0 spiro atoms. The quantitative estimate of drug-likeness (QED) is 0.800. The molecule has 0 atom stereocenters. The van der Waals surface area contributed by atoms with Crippen molar-refractivity contribution in [2.75, 3.05) is 10.8 Å². The van der Waals surface area contributed by atoms with Gasteiger partial charge in [-0.15, -0.1) is 0 Å². The number of hydrogen-bond donors (Lipinski definition) is 1. The summed E-state index contributed by atoms with van der Waals surface area (Å²) in [6.45, 7) is 3.55. The van der Waals surface area contributed by atoms with Crippen LogP contribution >= 0.6 is 23.2 Å². The van der Waals surface area contributed by atoms with Crippen LogP contribution in [0.5, 0.6) is 0 Å². The zero-order valence-corrected chi connectivity index (χ0v) is 16.1. The fraction of sp³-hybridized carbons (Fsp3) is 0.235. The van der Waals surface area contributed by atoms with Crippen molar-refractivity contribution in [2.24, 2.45) is 5.73 Å². The number of hydrogen-bond acceptors (Lipinski definition) is 3. The topological polar surface area (TPSA) is 80.5 Å². The maximum Gasteiger partial charge on any atom is 0.266 e. The number of nitrogens with zero attached hydrogens (tertiary/aromatic N) is 1. The van der Waals surface area contributed by atoms with E-state index in [0.717, 1.165) is 9.87 Å². The summed E-state index contributed by atoms with van der Waals surface area (Å²) in [7, 11) is -4.12. The molecule has 0 aliphatic carbocycles. The van der Waals surface area contributed by atoms with Crippen LogP contribution in [0.1, 0.15) is 25.3 Å². The van der Waals surface area contributed by atoms with Crippen molar-refractivity contribution >= 4 is 44.8 Å². The first-order valence-corrected chi connectivity index (χ1v) is 9.68. The molecule has 134 valence electrons. The molecule has 0 aliphatic heterocycles. The van der Waals surface area contributed by atoms with E-state index in [2.05, 4.69) is 0 Å². The molecule has 0 radical (unpaired) electrons. The highest BCUT2D eigenvalue weighted by Gasteiger charge is 2.29. The molecular formula is C17H18Cl2N2O3S. The number of carbonyl (C=O) groups excluding carboxylic acids is 1. The van der Waals surface area contributed by atoms with Gasteiger partial charge in [0, 0.05) is 5.02 Å². The summed E-state index contributed by atoms with van der Waals surface area (Å²) in [5, 5.41) is 0.231. The number of primary amides is 1. The highest BCUT2D eigenvalue weighted by molar-refractivity contribution is 7.93. The molecule has 2 aromatic carbocycles. The Morgan fingerprint density at radius 3 is 2.24 bits per heavy atom. The average Bonchev–Trinajstić information content (AvgIpc) is 2.54. The van der Waals surface area contributed by atoms with Crippen LogP contribution in [0, 0.1) is 0 Å². The third-order valence-electron chi connectivity index (χ3n) is 3.61. The summed E-state index contributed by atoms with van der Waals surface area (Å²) in [5.41, 5.74) is 6.61. The Hall–Kier alpha value is -1.76. The van der Waals surface area contributed by atoms with Crippen molar-refractivity contribution in [2.45, 2.75) is 24.7 Å². The van der Waals surface area contributed by atoms with E-state index in [-0.39, 0.29) is 20.9 Å². The number of carbonyl (C=O) groups is 1. The van der Waals surface area contributed by atoms with Gasteiger partial charge in [-0.1, -0.05) is 49.2 Å². The first kappa shape index (κ1) is 19.6. The lowest BCUT2D eigenvalue weighted by Crippen LogP contribution is -2.38. The van der Waals surface area contributed by atoms with Crippen LogP contribution < -0.4 is 10.0 Å². The number of benzene rings is 2. The van der Waals surface area contributed by atoms with Gasteiger partial charge in [-0.2, -0.15) is 0 Å². The van der Waals surface area contributed by atoms with Gasteiger partial charge in [0.2, 0.25) is 5.91 Å². The van der Waals surface area contributed by atoms with Crippen LogP contribution in [0.3, 0.4) is 0 Å². The first-order valence-electron chi connectivity index (χ1n) is 7.49. The van der Waals surface area contributed by atoms with E-state index in [1.807, 2.05) is 26.0 Å². The average molecular weight is 401 g/mol. The van der Waals surface area contributed by atoms with Crippen LogP contribution in [-0.4, -0.2) is 20.9 Å². The molecule has 0 saturated carbocycles. The van der Waals surface area contributed by atoms with Crippen LogP contribution in [0.15, 0.2) is 47.4 Å². The zero-order valence-electron chi connectivity index (χ0n) is 13.7. The molecule has 0 aliphatic rings. The van der Waals surface area contributed by atoms with E-state index in [1.54, 1.807) is 12.1 Å². The van der Waals surface area contributed by atoms with Crippen molar-refractivity contribution in [3.05, 3.63) is 58.1 Å². The van der Waals surface area contributed by atoms with Crippen molar-refractivity contribution < 1.29 is 13.2 Å². The summed E-state index contributed by atoms with van der Waals surface area (Å²) < 4.78 is 27.0. The minimum Gasteiger partial charge on any atom is -0.368 e. The smallest absolute Gasteiger partial charge is 0.266 e. The molecule has 1 amide bonds. The largest absolute Gasteiger partial charge is 0.368 e. The maximum atomic E-state index is 13.0. The Kier molecular flexibility index (Phi) is 5.98. The van der Waals surface area contributed by atoms with Gasteiger partial charge in [0.05, 0.1) is 10.7 Å². The number of rotatable bonds is 6. The second-order valence-corrected chi connectivity index (χ2v) is 8.47. The molecule has 0 saturated heterocycles. The number of anilines is 1. The monoisotopic (exact) mass is 400 g/mol. The predicted octanol–water partition coefficient (Wildman–Crippen LogP) is 3.80. The zero-order chi connectivity index (χ0) is 18.8. The molecule has 0 aromatic heterocycles. The molecular weight excluding hydrogens is 383 g/mol. The predicted molar refractivity (Wildman–Crippen MR) is 101 cm³/mol. The van der Waals surface area contributed by atoms with E-state index in [0.29, 0.717) is 5.69 Å². The number of sulfonamides is 1. The van der Waals surface area contributed by atoms with Crippen LogP contribution in [0.25, 0.3) is 0 Å². The van der Waals surface area contributed by atoms with E-state index >= 15 is 0 Å². The van der Waals surface area contributed by atoms with Gasteiger partial charge in [0.1, 0.15) is 11.4 Å². The van der Waals surface area contributed by atoms with Crippen molar-refractivity contribution in [1.29, 1.82) is 0 Å². The second-order valence-electron chi connectivity index (χ2n) is 5.80. The van der Waals surface area contributed by atoms with Crippen LogP contribution in [0.2, 0.25) is 10.0 Å². The summed E-state index contributed by atoms with van der Waals surface area (Å²) in [4.78, 5) is 11.3. The summed E-state index contributed by atoms with van der Waals surface area (Å²) in [5.74, 6) is -0.493. The lowest BCUT2D eigenvalue weighted by molar-refractivity contribution is -0.116. The normalized spacial score (nSPS) is 11.6. The number of amides is 1. The summed E-state index contributed by atoms with van der Waals surface area (Å²) >= 11 is 11.9. The third-order valence-corrected chi connectivity index (χ3v) is 6.10. The maximum absolute atomic E-state index is 13.0.